The molecule has 0 spiro atoms. The first-order chi connectivity index (χ1) is 7.29. The monoisotopic (exact) mass is 218 g/mol. The SMILES string of the molecule is Cc1cc(/C=C/F)cc(-c2ccsc2)c1. The number of halogens is 1. The smallest absolute Gasteiger partial charge is 0.0872 e. The van der Waals surface area contributed by atoms with Crippen LogP contribution in [0, 0.1) is 6.92 Å². The first-order valence-corrected chi connectivity index (χ1v) is 5.65. The van der Waals surface area contributed by atoms with Gasteiger partial charge in [0.1, 0.15) is 0 Å². The molecule has 0 aliphatic carbocycles. The Labute approximate surface area is 92.7 Å². The largest absolute Gasteiger partial charge is 0.216 e. The standard InChI is InChI=1S/C13H11FS/c1-10-6-11(2-4-14)8-13(7-10)12-3-5-15-9-12/h2-9H,1H3/b4-2+. The number of benzene rings is 1. The Hall–Kier alpha value is -1.41. The highest BCUT2D eigenvalue weighted by atomic mass is 32.1. The summed E-state index contributed by atoms with van der Waals surface area (Å²) in [5.41, 5.74) is 4.38. The molecule has 15 heavy (non-hydrogen) atoms. The molecule has 76 valence electrons. The van der Waals surface area contributed by atoms with Gasteiger partial charge in [-0.2, -0.15) is 11.3 Å². The van der Waals surface area contributed by atoms with Crippen molar-refractivity contribution in [1.82, 2.24) is 0 Å². The van der Waals surface area contributed by atoms with Gasteiger partial charge in [0.2, 0.25) is 0 Å². The fourth-order valence-corrected chi connectivity index (χ4v) is 2.24. The van der Waals surface area contributed by atoms with Crippen LogP contribution in [0.25, 0.3) is 17.2 Å². The van der Waals surface area contributed by atoms with Gasteiger partial charge in [0, 0.05) is 0 Å². The van der Waals surface area contributed by atoms with Gasteiger partial charge >= 0.3 is 0 Å². The van der Waals surface area contributed by atoms with Gasteiger partial charge in [-0.15, -0.1) is 0 Å². The summed E-state index contributed by atoms with van der Waals surface area (Å²) in [4.78, 5) is 0. The molecule has 0 nitrogen and oxygen atoms in total. The lowest BCUT2D eigenvalue weighted by Crippen LogP contribution is -1.80. The van der Waals surface area contributed by atoms with Gasteiger partial charge in [0.05, 0.1) is 6.33 Å². The maximum Gasteiger partial charge on any atom is 0.0872 e. The van der Waals surface area contributed by atoms with Crippen LogP contribution in [-0.4, -0.2) is 0 Å². The Morgan fingerprint density at radius 3 is 2.73 bits per heavy atom. The van der Waals surface area contributed by atoms with Crippen molar-refractivity contribution in [2.24, 2.45) is 0 Å². The van der Waals surface area contributed by atoms with Crippen molar-refractivity contribution in [1.29, 1.82) is 0 Å². The second kappa shape index (κ2) is 4.41. The van der Waals surface area contributed by atoms with Crippen molar-refractivity contribution in [3.05, 3.63) is 52.5 Å². The molecule has 2 rings (SSSR count). The third-order valence-electron chi connectivity index (χ3n) is 2.21. The molecular formula is C13H11FS. The third kappa shape index (κ3) is 2.34. The van der Waals surface area contributed by atoms with E-state index in [0.29, 0.717) is 6.33 Å². The normalized spacial score (nSPS) is 11.1. The summed E-state index contributed by atoms with van der Waals surface area (Å²) in [6.07, 6.45) is 2.05. The average molecular weight is 218 g/mol. The van der Waals surface area contributed by atoms with Crippen molar-refractivity contribution in [3.63, 3.8) is 0 Å². The molecule has 1 heterocycles. The third-order valence-corrected chi connectivity index (χ3v) is 2.89. The molecule has 0 saturated carbocycles. The fraction of sp³-hybridized carbons (Fsp3) is 0.0769. The molecule has 0 amide bonds. The van der Waals surface area contributed by atoms with E-state index >= 15 is 0 Å². The van der Waals surface area contributed by atoms with Gasteiger partial charge in [-0.05, 0) is 58.1 Å². The lowest BCUT2D eigenvalue weighted by atomic mass is 10.0. The molecule has 2 aromatic rings. The van der Waals surface area contributed by atoms with E-state index in [-0.39, 0.29) is 0 Å². The topological polar surface area (TPSA) is 0 Å². The maximum atomic E-state index is 12.1. The van der Waals surface area contributed by atoms with Gasteiger partial charge < -0.3 is 0 Å². The van der Waals surface area contributed by atoms with Crippen LogP contribution in [-0.2, 0) is 0 Å². The number of thiophene rings is 1. The van der Waals surface area contributed by atoms with Crippen LogP contribution < -0.4 is 0 Å². The van der Waals surface area contributed by atoms with Crippen LogP contribution >= 0.6 is 11.3 Å². The van der Waals surface area contributed by atoms with Gasteiger partial charge in [0.25, 0.3) is 0 Å². The van der Waals surface area contributed by atoms with Crippen LogP contribution in [0.4, 0.5) is 4.39 Å². The number of rotatable bonds is 2. The van der Waals surface area contributed by atoms with Gasteiger partial charge in [-0.1, -0.05) is 12.1 Å². The molecule has 0 aliphatic rings. The molecule has 1 aromatic heterocycles. The summed E-state index contributed by atoms with van der Waals surface area (Å²) in [6.45, 7) is 2.02. The summed E-state index contributed by atoms with van der Waals surface area (Å²) in [7, 11) is 0. The second-order valence-electron chi connectivity index (χ2n) is 3.44. The summed E-state index contributed by atoms with van der Waals surface area (Å²) in [5.74, 6) is 0. The van der Waals surface area contributed by atoms with Crippen molar-refractivity contribution < 1.29 is 4.39 Å². The molecule has 0 unspecified atom stereocenters. The molecule has 0 radical (unpaired) electrons. The predicted molar refractivity (Wildman–Crippen MR) is 64.6 cm³/mol. The average Bonchev–Trinajstić information content (AvgIpc) is 2.70. The molecule has 0 saturated heterocycles. The fourth-order valence-electron chi connectivity index (χ4n) is 1.58. The highest BCUT2D eigenvalue weighted by Crippen LogP contribution is 2.24. The van der Waals surface area contributed by atoms with E-state index in [1.165, 1.54) is 11.6 Å². The number of aryl methyl sites for hydroxylation is 1. The molecule has 0 bridgehead atoms. The summed E-state index contributed by atoms with van der Waals surface area (Å²) >= 11 is 1.67. The van der Waals surface area contributed by atoms with Gasteiger partial charge in [-0.3, -0.25) is 0 Å². The van der Waals surface area contributed by atoms with E-state index in [0.717, 1.165) is 16.7 Å². The van der Waals surface area contributed by atoms with Gasteiger partial charge in [-0.25, -0.2) is 4.39 Å². The maximum absolute atomic E-state index is 12.1. The first-order valence-electron chi connectivity index (χ1n) is 4.70. The zero-order chi connectivity index (χ0) is 10.7. The summed E-state index contributed by atoms with van der Waals surface area (Å²) < 4.78 is 12.1. The molecule has 0 aliphatic heterocycles. The van der Waals surface area contributed by atoms with E-state index in [1.54, 1.807) is 11.3 Å². The Morgan fingerprint density at radius 2 is 2.07 bits per heavy atom. The lowest BCUT2D eigenvalue weighted by molar-refractivity contribution is 0.727. The summed E-state index contributed by atoms with van der Waals surface area (Å²) in [6, 6.07) is 8.14. The zero-order valence-corrected chi connectivity index (χ0v) is 9.22. The highest BCUT2D eigenvalue weighted by Gasteiger charge is 2.00. The molecule has 2 heteroatoms. The zero-order valence-electron chi connectivity index (χ0n) is 8.41. The minimum Gasteiger partial charge on any atom is -0.216 e. The van der Waals surface area contributed by atoms with E-state index < -0.39 is 0 Å². The van der Waals surface area contributed by atoms with Gasteiger partial charge in [0.15, 0.2) is 0 Å². The Balaban J connectivity index is 2.49. The van der Waals surface area contributed by atoms with Crippen molar-refractivity contribution >= 4 is 17.4 Å². The van der Waals surface area contributed by atoms with Crippen molar-refractivity contribution in [2.75, 3.05) is 0 Å². The molecular weight excluding hydrogens is 207 g/mol. The Morgan fingerprint density at radius 1 is 1.20 bits per heavy atom. The molecule has 0 fully saturated rings. The molecule has 1 aromatic carbocycles. The number of hydrogen-bond acceptors (Lipinski definition) is 1. The van der Waals surface area contributed by atoms with Crippen LogP contribution in [0.3, 0.4) is 0 Å². The predicted octanol–water partition coefficient (Wildman–Crippen LogP) is 4.66. The first kappa shape index (κ1) is 10.1. The molecule has 0 atom stereocenters. The summed E-state index contributed by atoms with van der Waals surface area (Å²) in [5, 5.41) is 4.14. The quantitative estimate of drug-likeness (QED) is 0.687. The van der Waals surface area contributed by atoms with Crippen LogP contribution in [0.15, 0.2) is 41.4 Å². The minimum atomic E-state index is 0.576. The van der Waals surface area contributed by atoms with Crippen LogP contribution in [0.5, 0.6) is 0 Å². The minimum absolute atomic E-state index is 0.576. The lowest BCUT2D eigenvalue weighted by Gasteiger charge is -2.02. The van der Waals surface area contributed by atoms with Crippen molar-refractivity contribution in [3.8, 4) is 11.1 Å². The van der Waals surface area contributed by atoms with E-state index in [2.05, 4.69) is 17.5 Å². The second-order valence-corrected chi connectivity index (χ2v) is 4.22. The van der Waals surface area contributed by atoms with Crippen LogP contribution in [0.2, 0.25) is 0 Å². The van der Waals surface area contributed by atoms with Crippen LogP contribution in [0.1, 0.15) is 11.1 Å². The Bertz CT molecular complexity index is 469. The van der Waals surface area contributed by atoms with E-state index in [4.69, 9.17) is 0 Å². The number of hydrogen-bond donors (Lipinski definition) is 0. The Kier molecular flexibility index (Phi) is 2.97. The van der Waals surface area contributed by atoms with E-state index in [9.17, 15) is 4.39 Å². The molecule has 0 N–H and O–H groups in total. The van der Waals surface area contributed by atoms with E-state index in [1.807, 2.05) is 24.4 Å². The van der Waals surface area contributed by atoms with Crippen molar-refractivity contribution in [2.45, 2.75) is 6.92 Å². The highest BCUT2D eigenvalue weighted by molar-refractivity contribution is 7.08.